The molecule has 0 spiro atoms. The second kappa shape index (κ2) is 3.09. The monoisotopic (exact) mass is 167 g/mol. The molecule has 1 fully saturated rings. The summed E-state index contributed by atoms with van der Waals surface area (Å²) in [4.78, 5) is 0. The molecule has 0 aromatic carbocycles. The number of hydrogen-bond acceptors (Lipinski definition) is 3. The molecule has 4 heteroatoms. The summed E-state index contributed by atoms with van der Waals surface area (Å²) in [6.07, 6.45) is 0.271. The Morgan fingerprint density at radius 2 is 2.50 bits per heavy atom. The van der Waals surface area contributed by atoms with Gasteiger partial charge in [0.15, 0.2) is 0 Å². The lowest BCUT2D eigenvalue weighted by Crippen LogP contribution is -1.97. The molecular weight excluding hydrogens is 159 g/mol. The third-order valence-corrected chi connectivity index (χ3v) is 6.88. The van der Waals surface area contributed by atoms with Crippen molar-refractivity contribution in [1.29, 1.82) is 0 Å². The fourth-order valence-corrected chi connectivity index (χ4v) is 6.54. The Labute approximate surface area is 58.3 Å². The molecule has 0 amide bonds. The van der Waals surface area contributed by atoms with Crippen molar-refractivity contribution >= 4 is 29.0 Å². The molecule has 1 nitrogen and oxygen atoms in total. The fourth-order valence-electron chi connectivity index (χ4n) is 0.523. The average molecular weight is 167 g/mol. The van der Waals surface area contributed by atoms with E-state index >= 15 is 0 Å². The van der Waals surface area contributed by atoms with Crippen molar-refractivity contribution in [3.05, 3.63) is 0 Å². The maximum atomic E-state index is 10.7. The van der Waals surface area contributed by atoms with Crippen LogP contribution in [0.3, 0.4) is 0 Å². The molecule has 2 unspecified atom stereocenters. The normalized spacial score (nSPS) is 35.1. The summed E-state index contributed by atoms with van der Waals surface area (Å²) in [7, 11) is 0. The van der Waals surface area contributed by atoms with Crippen molar-refractivity contribution in [3.63, 3.8) is 0 Å². The zero-order valence-electron chi connectivity index (χ0n) is 4.66. The largest absolute Gasteiger partial charge is 0.483 e. The maximum absolute atomic E-state index is 10.7. The predicted octanol–water partition coefficient (Wildman–Crippen LogP) is 2.90. The summed E-state index contributed by atoms with van der Waals surface area (Å²) in [5.74, 6) is 1.09. The third-order valence-electron chi connectivity index (χ3n) is 0.987. The minimum absolute atomic E-state index is 0.625. The molecule has 1 aliphatic heterocycles. The Kier molecular flexibility index (Phi) is 2.67. The number of hydrogen-bond donors (Lipinski definition) is 0. The molecule has 46 valence electrons. The topological polar surface area (TPSA) is 17.1 Å². The second-order valence-electron chi connectivity index (χ2n) is 1.76. The highest BCUT2D eigenvalue weighted by atomic mass is 33.1. The zero-order valence-corrected chi connectivity index (χ0v) is 7.19. The molecule has 2 atom stereocenters. The Bertz CT molecular complexity index is 106. The first-order valence-corrected chi connectivity index (χ1v) is 6.89. The summed E-state index contributed by atoms with van der Waals surface area (Å²) >= 11 is 3.21. The van der Waals surface area contributed by atoms with Gasteiger partial charge in [-0.1, -0.05) is 0 Å². The molecule has 0 N–H and O–H groups in total. The summed E-state index contributed by atoms with van der Waals surface area (Å²) in [6, 6.07) is 0. The molecule has 1 heterocycles. The quantitative estimate of drug-likeness (QED) is 0.516. The van der Waals surface area contributed by atoms with Crippen molar-refractivity contribution in [2.24, 2.45) is 0 Å². The van der Waals surface area contributed by atoms with Crippen LogP contribution < -0.4 is 0 Å². The van der Waals surface area contributed by atoms with E-state index < -0.39 is 6.20 Å². The molecule has 1 saturated heterocycles. The van der Waals surface area contributed by atoms with Gasteiger partial charge in [0, 0.05) is 5.75 Å². The van der Waals surface area contributed by atoms with Gasteiger partial charge in [-0.25, -0.2) is 0 Å². The van der Waals surface area contributed by atoms with Crippen LogP contribution in [0.2, 0.25) is 0 Å². The first kappa shape index (κ1) is 6.91. The molecule has 0 bridgehead atoms. The van der Waals surface area contributed by atoms with Gasteiger partial charge in [-0.2, -0.15) is 0 Å². The summed E-state index contributed by atoms with van der Waals surface area (Å²) < 4.78 is 10.7. The van der Waals surface area contributed by atoms with Crippen LogP contribution in [-0.4, -0.2) is 11.0 Å². The van der Waals surface area contributed by atoms with Gasteiger partial charge in [0.1, 0.15) is 22.8 Å². The summed E-state index contributed by atoms with van der Waals surface area (Å²) in [5, 5.41) is 0.625. The Balaban J connectivity index is 2.34. The first-order valence-electron chi connectivity index (χ1n) is 2.56. The summed E-state index contributed by atoms with van der Waals surface area (Å²) in [5.41, 5.74) is 0. The van der Waals surface area contributed by atoms with Crippen molar-refractivity contribution in [1.82, 2.24) is 0 Å². The predicted molar refractivity (Wildman–Crippen MR) is 41.7 cm³/mol. The van der Waals surface area contributed by atoms with Gasteiger partial charge in [0.05, 0.1) is 5.25 Å². The van der Waals surface area contributed by atoms with Gasteiger partial charge in [-0.3, -0.25) is 0 Å². The van der Waals surface area contributed by atoms with Crippen LogP contribution in [0.1, 0.15) is 13.3 Å². The van der Waals surface area contributed by atoms with E-state index in [0.717, 1.165) is 5.75 Å². The SMILES string of the molecule is CC1CCS[P+](=O)S1. The van der Waals surface area contributed by atoms with E-state index in [2.05, 4.69) is 6.92 Å². The van der Waals surface area contributed by atoms with Crippen LogP contribution in [0.15, 0.2) is 0 Å². The van der Waals surface area contributed by atoms with E-state index in [1.807, 2.05) is 0 Å². The van der Waals surface area contributed by atoms with Crippen molar-refractivity contribution in [2.45, 2.75) is 18.6 Å². The van der Waals surface area contributed by atoms with Crippen LogP contribution in [0, 0.1) is 0 Å². The fraction of sp³-hybridized carbons (Fsp3) is 1.00. The Hall–Kier alpha value is 0.800. The highest BCUT2D eigenvalue weighted by Gasteiger charge is 2.29. The third kappa shape index (κ3) is 1.96. The summed E-state index contributed by atoms with van der Waals surface area (Å²) in [6.45, 7) is 2.14. The average Bonchev–Trinajstić information content (AvgIpc) is 1.64. The molecule has 1 rings (SSSR count). The van der Waals surface area contributed by atoms with Crippen molar-refractivity contribution in [2.75, 3.05) is 5.75 Å². The standard InChI is InChI=1S/C4H8OPS2/c1-4-2-3-7-6(5)8-4/h4H,2-3H2,1H3/q+1. The molecule has 0 aromatic heterocycles. The molecule has 8 heavy (non-hydrogen) atoms. The van der Waals surface area contributed by atoms with Crippen LogP contribution in [0.25, 0.3) is 0 Å². The Morgan fingerprint density at radius 3 is 2.88 bits per heavy atom. The van der Waals surface area contributed by atoms with Gasteiger partial charge in [0.2, 0.25) is 0 Å². The van der Waals surface area contributed by atoms with Gasteiger partial charge in [-0.05, 0) is 17.9 Å². The molecule has 0 aromatic rings. The lowest BCUT2D eigenvalue weighted by atomic mass is 10.4. The van der Waals surface area contributed by atoms with Crippen LogP contribution >= 0.6 is 29.0 Å². The molecule has 1 aliphatic rings. The van der Waals surface area contributed by atoms with Gasteiger partial charge in [0.25, 0.3) is 0 Å². The second-order valence-corrected chi connectivity index (χ2v) is 7.98. The number of rotatable bonds is 0. The van der Waals surface area contributed by atoms with Crippen LogP contribution in [0.5, 0.6) is 0 Å². The van der Waals surface area contributed by atoms with Gasteiger partial charge < -0.3 is 0 Å². The smallest absolute Gasteiger partial charge is 0.0492 e. The van der Waals surface area contributed by atoms with E-state index in [4.69, 9.17) is 0 Å². The molecule has 0 aliphatic carbocycles. The lowest BCUT2D eigenvalue weighted by Gasteiger charge is -2.03. The minimum atomic E-state index is -0.948. The van der Waals surface area contributed by atoms with Gasteiger partial charge >= 0.3 is 6.20 Å². The van der Waals surface area contributed by atoms with Gasteiger partial charge in [-0.15, -0.1) is 0 Å². The van der Waals surface area contributed by atoms with E-state index in [0.29, 0.717) is 5.25 Å². The van der Waals surface area contributed by atoms with E-state index in [9.17, 15) is 4.57 Å². The highest BCUT2D eigenvalue weighted by molar-refractivity contribution is 8.84. The first-order chi connectivity index (χ1) is 3.79. The van der Waals surface area contributed by atoms with E-state index in [1.165, 1.54) is 6.42 Å². The van der Waals surface area contributed by atoms with Crippen LogP contribution in [-0.2, 0) is 4.57 Å². The highest BCUT2D eigenvalue weighted by Crippen LogP contribution is 2.56. The molecular formula is C4H8OPS2+. The zero-order chi connectivity index (χ0) is 5.98. The van der Waals surface area contributed by atoms with Crippen molar-refractivity contribution in [3.8, 4) is 0 Å². The molecule has 0 radical (unpaired) electrons. The van der Waals surface area contributed by atoms with Crippen molar-refractivity contribution < 1.29 is 4.57 Å². The molecule has 0 saturated carbocycles. The maximum Gasteiger partial charge on any atom is 0.483 e. The van der Waals surface area contributed by atoms with E-state index in [-0.39, 0.29) is 0 Å². The van der Waals surface area contributed by atoms with E-state index in [1.54, 1.807) is 22.8 Å². The minimum Gasteiger partial charge on any atom is -0.0492 e. The Morgan fingerprint density at radius 1 is 1.75 bits per heavy atom. The van der Waals surface area contributed by atoms with Crippen LogP contribution in [0.4, 0.5) is 0 Å². The lowest BCUT2D eigenvalue weighted by molar-refractivity contribution is 0.603.